The molecule has 19 heteroatoms. The van der Waals surface area contributed by atoms with Gasteiger partial charge in [-0.2, -0.15) is 17.5 Å². The third kappa shape index (κ3) is 8.91. The van der Waals surface area contributed by atoms with Crippen LogP contribution in [0.5, 0.6) is 5.75 Å². The van der Waals surface area contributed by atoms with E-state index in [2.05, 4.69) is 46.7 Å². The van der Waals surface area contributed by atoms with Crippen LogP contribution in [0, 0.1) is 5.92 Å². The monoisotopic (exact) mass is 807 g/mol. The summed E-state index contributed by atoms with van der Waals surface area (Å²) in [7, 11) is -0.0441. The van der Waals surface area contributed by atoms with E-state index in [1.807, 2.05) is 12.2 Å². The van der Waals surface area contributed by atoms with Crippen molar-refractivity contribution < 1.29 is 37.1 Å². The Hall–Kier alpha value is -4.10. The highest BCUT2D eigenvalue weighted by Crippen LogP contribution is 2.46. The van der Waals surface area contributed by atoms with Crippen LogP contribution in [0.25, 0.3) is 11.4 Å². The van der Waals surface area contributed by atoms with Gasteiger partial charge in [-0.25, -0.2) is 9.52 Å². The first kappa shape index (κ1) is 39.1. The number of hydrogen-bond donors (Lipinski definition) is 3. The number of methoxy groups -OCH3 is 1. The molecule has 1 saturated carbocycles. The highest BCUT2D eigenvalue weighted by atomic mass is 79.9. The number of carbonyl (C=O) groups is 4. The molecule has 52 heavy (non-hydrogen) atoms. The number of rotatable bonds is 7. The molecule has 5 atom stereocenters. The van der Waals surface area contributed by atoms with Crippen molar-refractivity contribution in [3.8, 4) is 17.1 Å². The van der Waals surface area contributed by atoms with Crippen LogP contribution < -0.4 is 20.1 Å². The smallest absolute Gasteiger partial charge is 0.408 e. The molecule has 1 aromatic heterocycles. The van der Waals surface area contributed by atoms with Crippen molar-refractivity contribution in [2.75, 3.05) is 27.7 Å². The fourth-order valence-corrected chi connectivity index (χ4v) is 7.45. The molecule has 1 saturated heterocycles. The Morgan fingerprint density at radius 1 is 1.15 bits per heavy atom. The maximum atomic E-state index is 14.4. The van der Waals surface area contributed by atoms with Crippen molar-refractivity contribution in [3.05, 3.63) is 34.8 Å². The Balaban J connectivity index is 1.48. The fourth-order valence-electron chi connectivity index (χ4n) is 6.31. The summed E-state index contributed by atoms with van der Waals surface area (Å²) in [5.41, 5.74) is -1.72. The third-order valence-electron chi connectivity index (χ3n) is 9.22. The number of ether oxygens (including phenoxy) is 2. The van der Waals surface area contributed by atoms with E-state index in [0.29, 0.717) is 40.9 Å². The Morgan fingerprint density at radius 2 is 1.90 bits per heavy atom. The van der Waals surface area contributed by atoms with Gasteiger partial charge >= 0.3 is 16.3 Å². The number of halogens is 1. The van der Waals surface area contributed by atoms with Crippen LogP contribution in [0.1, 0.15) is 71.8 Å². The van der Waals surface area contributed by atoms with Gasteiger partial charge in [0.1, 0.15) is 29.0 Å². The van der Waals surface area contributed by atoms with Gasteiger partial charge < -0.3 is 25.0 Å². The van der Waals surface area contributed by atoms with Crippen molar-refractivity contribution in [2.45, 2.75) is 95.0 Å². The Morgan fingerprint density at radius 3 is 2.58 bits per heavy atom. The highest BCUT2D eigenvalue weighted by molar-refractivity contribution is 9.10. The van der Waals surface area contributed by atoms with Gasteiger partial charge in [0.2, 0.25) is 17.6 Å². The molecule has 0 unspecified atom stereocenters. The van der Waals surface area contributed by atoms with Crippen LogP contribution >= 0.6 is 15.9 Å². The molecule has 2 aliphatic heterocycles. The van der Waals surface area contributed by atoms with E-state index in [9.17, 15) is 27.6 Å². The van der Waals surface area contributed by atoms with Crippen molar-refractivity contribution in [2.24, 2.45) is 5.92 Å². The predicted molar refractivity (Wildman–Crippen MR) is 192 cm³/mol. The number of alkyl carbamates (subject to hydrolysis) is 1. The lowest BCUT2D eigenvalue weighted by molar-refractivity contribution is -0.141. The topological polar surface area (TPSA) is 207 Å². The molecule has 0 spiro atoms. The van der Waals surface area contributed by atoms with Crippen LogP contribution in [0.3, 0.4) is 0 Å². The van der Waals surface area contributed by atoms with Crippen LogP contribution in [0.4, 0.5) is 4.79 Å². The summed E-state index contributed by atoms with van der Waals surface area (Å²) in [4.78, 5) is 57.9. The zero-order valence-electron chi connectivity index (χ0n) is 30.1. The summed E-state index contributed by atoms with van der Waals surface area (Å²) >= 11 is 3.47. The molecule has 1 aromatic carbocycles. The number of nitrogens with zero attached hydrogens (tertiary/aromatic N) is 6. The summed E-state index contributed by atoms with van der Waals surface area (Å²) in [5.74, 6) is -1.59. The lowest BCUT2D eigenvalue weighted by Crippen LogP contribution is -2.58. The molecule has 4 amide bonds. The molecule has 0 bridgehead atoms. The van der Waals surface area contributed by atoms with Crippen LogP contribution in [0.15, 0.2) is 34.8 Å². The average Bonchev–Trinajstić information content (AvgIpc) is 3.37. The second-order valence-corrected chi connectivity index (χ2v) is 17.2. The summed E-state index contributed by atoms with van der Waals surface area (Å²) in [6.45, 7) is 5.14. The predicted octanol–water partition coefficient (Wildman–Crippen LogP) is 2.46. The second-order valence-electron chi connectivity index (χ2n) is 14.4. The van der Waals surface area contributed by atoms with E-state index in [-0.39, 0.29) is 19.4 Å². The van der Waals surface area contributed by atoms with Crippen molar-refractivity contribution in [1.82, 2.24) is 44.8 Å². The van der Waals surface area contributed by atoms with Gasteiger partial charge in [0, 0.05) is 38.5 Å². The number of benzene rings is 1. The van der Waals surface area contributed by atoms with Crippen LogP contribution in [-0.4, -0.2) is 113 Å². The molecular formula is C33H46BrN9O8S. The minimum Gasteiger partial charge on any atom is -0.496 e. The quantitative estimate of drug-likeness (QED) is 0.347. The van der Waals surface area contributed by atoms with Crippen molar-refractivity contribution in [3.63, 3.8) is 0 Å². The van der Waals surface area contributed by atoms with Crippen molar-refractivity contribution >= 4 is 50.0 Å². The van der Waals surface area contributed by atoms with Gasteiger partial charge in [-0.1, -0.05) is 25.0 Å². The van der Waals surface area contributed by atoms with Gasteiger partial charge in [-0.3, -0.25) is 14.4 Å². The average molecular weight is 809 g/mol. The molecular weight excluding hydrogens is 762 g/mol. The first-order valence-corrected chi connectivity index (χ1v) is 19.3. The SMILES string of the molecule is COc1ccc(-c2nnn([C@@H]3C[C@H]4C(=O)N[C@@]5(C(=O)NS(=O)(=O)N(C)C)C[C@H]5/C=C\CCCCC[C@@H](NC(=O)OC(C)(C)C)C(=O)N4C3)n2)cc1Br. The Labute approximate surface area is 311 Å². The number of nitrogens with one attached hydrogen (secondary N) is 3. The first-order valence-electron chi connectivity index (χ1n) is 17.1. The third-order valence-corrected chi connectivity index (χ3v) is 11.2. The normalized spacial score (nSPS) is 26.3. The number of amides is 4. The van der Waals surface area contributed by atoms with E-state index < -0.39 is 69.2 Å². The molecule has 284 valence electrons. The molecule has 2 fully saturated rings. The number of carbonyl (C=O) groups excluding carboxylic acids is 4. The number of aromatic nitrogens is 4. The summed E-state index contributed by atoms with van der Waals surface area (Å²) in [6, 6.07) is 2.55. The van der Waals surface area contributed by atoms with Crippen LogP contribution in [0.2, 0.25) is 0 Å². The second kappa shape index (κ2) is 15.5. The molecule has 3 N–H and O–H groups in total. The Kier molecular flexibility index (Phi) is 11.6. The number of hydrogen-bond acceptors (Lipinski definition) is 11. The Bertz CT molecular complexity index is 1830. The van der Waals surface area contributed by atoms with E-state index in [4.69, 9.17) is 9.47 Å². The zero-order valence-corrected chi connectivity index (χ0v) is 32.5. The molecule has 1 aliphatic carbocycles. The molecule has 3 aliphatic rings. The number of tetrazole rings is 1. The highest BCUT2D eigenvalue weighted by Gasteiger charge is 2.61. The summed E-state index contributed by atoms with van der Waals surface area (Å²) < 4.78 is 39.7. The van der Waals surface area contributed by atoms with E-state index in [0.717, 1.165) is 17.1 Å². The number of fused-ring (bicyclic) bond motifs is 2. The molecule has 0 radical (unpaired) electrons. The lowest BCUT2D eigenvalue weighted by atomic mass is 10.0. The molecule has 2 aromatic rings. The van der Waals surface area contributed by atoms with Crippen molar-refractivity contribution in [1.29, 1.82) is 0 Å². The maximum absolute atomic E-state index is 14.4. The summed E-state index contributed by atoms with van der Waals surface area (Å²) in [6.07, 6.45) is 6.30. The lowest BCUT2D eigenvalue weighted by Gasteiger charge is -2.30. The van der Waals surface area contributed by atoms with E-state index >= 15 is 0 Å². The zero-order chi connectivity index (χ0) is 38.0. The summed E-state index contributed by atoms with van der Waals surface area (Å²) in [5, 5.41) is 18.6. The fraction of sp³-hybridized carbons (Fsp3) is 0.606. The first-order chi connectivity index (χ1) is 24.4. The number of allylic oxidation sites excluding steroid dienone is 1. The molecule has 17 nitrogen and oxygen atoms in total. The van der Waals surface area contributed by atoms with Crippen LogP contribution in [-0.2, 0) is 29.3 Å². The minimum absolute atomic E-state index is 0.0109. The van der Waals surface area contributed by atoms with Gasteiger partial charge in [-0.05, 0) is 85.8 Å². The van der Waals surface area contributed by atoms with Gasteiger partial charge in [-0.15, -0.1) is 10.2 Å². The van der Waals surface area contributed by atoms with Gasteiger partial charge in [0.15, 0.2) is 0 Å². The standard InChI is InChI=1S/C33H46BrN9O8S/c1-32(2,3)51-31(47)35-24-13-11-9-7-8-10-12-21-18-33(21,30(46)39-52(48,49)41(4)5)36-28(44)25-17-22(19-42(25)29(24)45)43-38-27(37-40-43)20-14-15-26(50-6)23(34)16-20/h10,12,14-16,21-22,24-25H,7-9,11,13,17-19H2,1-6H3,(H,35,47)(H,36,44)(H,39,46)/b12-10-/t21-,22-,24-,25+,33+/m1/s1. The van der Waals surface area contributed by atoms with Gasteiger partial charge in [0.25, 0.3) is 5.91 Å². The minimum atomic E-state index is -4.17. The largest absolute Gasteiger partial charge is 0.496 e. The van der Waals surface area contributed by atoms with Gasteiger partial charge in [0.05, 0.1) is 17.6 Å². The molecule has 5 rings (SSSR count). The molecule has 3 heterocycles. The van der Waals surface area contributed by atoms with E-state index in [1.165, 1.54) is 23.8 Å². The van der Waals surface area contributed by atoms with E-state index in [1.54, 1.807) is 46.1 Å². The maximum Gasteiger partial charge on any atom is 0.408 e.